The van der Waals surface area contributed by atoms with E-state index in [-0.39, 0.29) is 6.04 Å². The van der Waals surface area contributed by atoms with Gasteiger partial charge in [0.1, 0.15) is 12.4 Å². The fourth-order valence-corrected chi connectivity index (χ4v) is 1.31. The Balaban J connectivity index is 1.85. The fourth-order valence-electron chi connectivity index (χ4n) is 1.31. The molecule has 0 bridgehead atoms. The van der Waals surface area contributed by atoms with Crippen molar-refractivity contribution in [2.24, 2.45) is 4.99 Å². The zero-order valence-electron chi connectivity index (χ0n) is 8.18. The SMILES string of the molecule is N#Cc1ccc(OCC2CN=CN2)cc1. The van der Waals surface area contributed by atoms with Crippen molar-refractivity contribution in [2.75, 3.05) is 13.2 Å². The van der Waals surface area contributed by atoms with Gasteiger partial charge in [-0.3, -0.25) is 4.99 Å². The zero-order valence-corrected chi connectivity index (χ0v) is 8.18. The maximum Gasteiger partial charge on any atom is 0.119 e. The zero-order chi connectivity index (χ0) is 10.5. The van der Waals surface area contributed by atoms with Gasteiger partial charge >= 0.3 is 0 Å². The van der Waals surface area contributed by atoms with Crippen molar-refractivity contribution >= 4 is 6.34 Å². The van der Waals surface area contributed by atoms with E-state index in [9.17, 15) is 0 Å². The molecule has 2 rings (SSSR count). The Kier molecular flexibility index (Phi) is 2.84. The fraction of sp³-hybridized carbons (Fsp3) is 0.273. The molecule has 1 aromatic rings. The monoisotopic (exact) mass is 201 g/mol. The number of rotatable bonds is 3. The van der Waals surface area contributed by atoms with Crippen LogP contribution < -0.4 is 10.1 Å². The smallest absolute Gasteiger partial charge is 0.119 e. The predicted molar refractivity (Wildman–Crippen MR) is 56.9 cm³/mol. The first-order valence-electron chi connectivity index (χ1n) is 4.76. The van der Waals surface area contributed by atoms with E-state index in [2.05, 4.69) is 16.4 Å². The molecule has 15 heavy (non-hydrogen) atoms. The van der Waals surface area contributed by atoms with Crippen molar-refractivity contribution < 1.29 is 4.74 Å². The second-order valence-electron chi connectivity index (χ2n) is 3.31. The van der Waals surface area contributed by atoms with E-state index in [0.717, 1.165) is 12.3 Å². The lowest BCUT2D eigenvalue weighted by atomic mass is 10.2. The van der Waals surface area contributed by atoms with Crippen LogP contribution in [0.2, 0.25) is 0 Å². The molecule has 0 saturated carbocycles. The molecule has 1 unspecified atom stereocenters. The van der Waals surface area contributed by atoms with E-state index in [4.69, 9.17) is 10.00 Å². The van der Waals surface area contributed by atoms with Gasteiger partial charge < -0.3 is 10.1 Å². The van der Waals surface area contributed by atoms with Gasteiger partial charge in [0.25, 0.3) is 0 Å². The molecule has 1 aromatic carbocycles. The van der Waals surface area contributed by atoms with Gasteiger partial charge in [-0.15, -0.1) is 0 Å². The minimum Gasteiger partial charge on any atom is -0.491 e. The predicted octanol–water partition coefficient (Wildman–Crippen LogP) is 0.937. The number of nitrogens with one attached hydrogen (secondary N) is 1. The molecule has 1 aliphatic heterocycles. The van der Waals surface area contributed by atoms with Crippen LogP contribution in [0.1, 0.15) is 5.56 Å². The molecule has 1 heterocycles. The summed E-state index contributed by atoms with van der Waals surface area (Å²) in [4.78, 5) is 4.05. The number of nitrogens with zero attached hydrogens (tertiary/aromatic N) is 2. The topological polar surface area (TPSA) is 57.4 Å². The Bertz CT molecular complexity index is 383. The van der Waals surface area contributed by atoms with Gasteiger partial charge in [-0.2, -0.15) is 5.26 Å². The van der Waals surface area contributed by atoms with Crippen LogP contribution in [-0.4, -0.2) is 25.5 Å². The van der Waals surface area contributed by atoms with Gasteiger partial charge in [0.2, 0.25) is 0 Å². The van der Waals surface area contributed by atoms with Crippen LogP contribution in [0.4, 0.5) is 0 Å². The lowest BCUT2D eigenvalue weighted by molar-refractivity contribution is 0.286. The Morgan fingerprint density at radius 1 is 1.47 bits per heavy atom. The van der Waals surface area contributed by atoms with Gasteiger partial charge in [0, 0.05) is 0 Å². The van der Waals surface area contributed by atoms with E-state index >= 15 is 0 Å². The number of ether oxygens (including phenoxy) is 1. The van der Waals surface area contributed by atoms with Crippen LogP contribution in [0.5, 0.6) is 5.75 Å². The van der Waals surface area contributed by atoms with E-state index in [0.29, 0.717) is 12.2 Å². The molecule has 0 aromatic heterocycles. The summed E-state index contributed by atoms with van der Waals surface area (Å²) in [5.74, 6) is 0.780. The summed E-state index contributed by atoms with van der Waals surface area (Å²) in [6.07, 6.45) is 1.70. The summed E-state index contributed by atoms with van der Waals surface area (Å²) in [6, 6.07) is 9.42. The maximum absolute atomic E-state index is 8.61. The van der Waals surface area contributed by atoms with Crippen molar-refractivity contribution in [1.82, 2.24) is 5.32 Å². The third-order valence-electron chi connectivity index (χ3n) is 2.16. The highest BCUT2D eigenvalue weighted by atomic mass is 16.5. The number of aliphatic imine (C=N–C) groups is 1. The molecule has 0 amide bonds. The molecule has 1 atom stereocenters. The minimum atomic E-state index is 0.264. The number of hydrogen-bond acceptors (Lipinski definition) is 4. The molecule has 0 radical (unpaired) electrons. The van der Waals surface area contributed by atoms with E-state index in [1.165, 1.54) is 0 Å². The number of nitriles is 1. The second-order valence-corrected chi connectivity index (χ2v) is 3.31. The molecule has 1 aliphatic rings. The maximum atomic E-state index is 8.61. The summed E-state index contributed by atoms with van der Waals surface area (Å²) >= 11 is 0. The first kappa shape index (κ1) is 9.53. The van der Waals surface area contributed by atoms with Crippen molar-refractivity contribution in [1.29, 1.82) is 5.26 Å². The first-order chi connectivity index (χ1) is 7.38. The summed E-state index contributed by atoms with van der Waals surface area (Å²) in [6.45, 7) is 1.35. The average Bonchev–Trinajstić information content (AvgIpc) is 2.80. The van der Waals surface area contributed by atoms with Gasteiger partial charge in [-0.05, 0) is 24.3 Å². The van der Waals surface area contributed by atoms with E-state index in [1.807, 2.05) is 0 Å². The van der Waals surface area contributed by atoms with Crippen LogP contribution >= 0.6 is 0 Å². The van der Waals surface area contributed by atoms with Gasteiger partial charge in [-0.1, -0.05) is 0 Å². The Morgan fingerprint density at radius 2 is 2.27 bits per heavy atom. The lowest BCUT2D eigenvalue weighted by Gasteiger charge is -2.11. The molecule has 76 valence electrons. The normalized spacial score (nSPS) is 18.2. The molecule has 1 N–H and O–H groups in total. The quantitative estimate of drug-likeness (QED) is 0.791. The van der Waals surface area contributed by atoms with Gasteiger partial charge in [-0.25, -0.2) is 0 Å². The van der Waals surface area contributed by atoms with Crippen LogP contribution in [0, 0.1) is 11.3 Å². The van der Waals surface area contributed by atoms with Crippen molar-refractivity contribution in [3.8, 4) is 11.8 Å². The Hall–Kier alpha value is -2.02. The minimum absolute atomic E-state index is 0.264. The molecule has 0 aliphatic carbocycles. The van der Waals surface area contributed by atoms with Crippen molar-refractivity contribution in [2.45, 2.75) is 6.04 Å². The molecule has 0 spiro atoms. The summed E-state index contributed by atoms with van der Waals surface area (Å²) in [5, 5.41) is 11.7. The molecule has 4 nitrogen and oxygen atoms in total. The van der Waals surface area contributed by atoms with Gasteiger partial charge in [0.15, 0.2) is 0 Å². The molecule has 4 heteroatoms. The largest absolute Gasteiger partial charge is 0.491 e. The third kappa shape index (κ3) is 2.47. The highest BCUT2D eigenvalue weighted by Gasteiger charge is 2.10. The van der Waals surface area contributed by atoms with Gasteiger partial charge in [0.05, 0.1) is 30.6 Å². The molecule has 0 fully saturated rings. The Labute approximate surface area is 88.2 Å². The summed E-state index contributed by atoms with van der Waals surface area (Å²) in [7, 11) is 0. The van der Waals surface area contributed by atoms with Crippen LogP contribution in [0.3, 0.4) is 0 Å². The highest BCUT2D eigenvalue weighted by Crippen LogP contribution is 2.11. The summed E-state index contributed by atoms with van der Waals surface area (Å²) in [5.41, 5.74) is 0.643. The van der Waals surface area contributed by atoms with Crippen molar-refractivity contribution in [3.63, 3.8) is 0 Å². The Morgan fingerprint density at radius 3 is 2.87 bits per heavy atom. The van der Waals surface area contributed by atoms with E-state index < -0.39 is 0 Å². The van der Waals surface area contributed by atoms with Crippen LogP contribution in [-0.2, 0) is 0 Å². The van der Waals surface area contributed by atoms with Crippen LogP contribution in [0.15, 0.2) is 29.3 Å². The molecular weight excluding hydrogens is 190 g/mol. The second kappa shape index (κ2) is 4.47. The number of hydrogen-bond donors (Lipinski definition) is 1. The average molecular weight is 201 g/mol. The lowest BCUT2D eigenvalue weighted by Crippen LogP contribution is -2.31. The molecule has 0 saturated heterocycles. The highest BCUT2D eigenvalue weighted by molar-refractivity contribution is 5.57. The first-order valence-corrected chi connectivity index (χ1v) is 4.76. The summed E-state index contributed by atoms with van der Waals surface area (Å²) < 4.78 is 5.54. The van der Waals surface area contributed by atoms with Crippen LogP contribution in [0.25, 0.3) is 0 Å². The van der Waals surface area contributed by atoms with E-state index in [1.54, 1.807) is 30.6 Å². The molecular formula is C11H11N3O. The van der Waals surface area contributed by atoms with Crippen molar-refractivity contribution in [3.05, 3.63) is 29.8 Å². The third-order valence-corrected chi connectivity index (χ3v) is 2.16. The number of benzene rings is 1. The standard InChI is InChI=1S/C11H11N3O/c12-5-9-1-3-11(4-2-9)15-7-10-6-13-8-14-10/h1-4,8,10H,6-7H2,(H,13,14).